The number of rotatable bonds is 6. The number of unbranched alkanes of at least 4 members (excludes halogenated alkanes) is 1. The van der Waals surface area contributed by atoms with Crippen molar-refractivity contribution in [1.29, 1.82) is 0 Å². The first kappa shape index (κ1) is 15.4. The summed E-state index contributed by atoms with van der Waals surface area (Å²) in [4.78, 5) is 34.3. The molecule has 108 valence electrons. The van der Waals surface area contributed by atoms with E-state index in [2.05, 4.69) is 10.1 Å². The van der Waals surface area contributed by atoms with Gasteiger partial charge in [0.25, 0.3) is 5.91 Å². The SMILES string of the molecule is CCCCO[C@H]1NC(=O)NC(=O)[C@@]1(F)C(=O)OCC. The van der Waals surface area contributed by atoms with Crippen LogP contribution in [0.4, 0.5) is 9.18 Å². The highest BCUT2D eigenvalue weighted by atomic mass is 19.1. The van der Waals surface area contributed by atoms with Crippen molar-refractivity contribution < 1.29 is 28.2 Å². The highest BCUT2D eigenvalue weighted by molar-refractivity contribution is 6.14. The van der Waals surface area contributed by atoms with E-state index >= 15 is 0 Å². The van der Waals surface area contributed by atoms with Crippen LogP contribution in [0.1, 0.15) is 26.7 Å². The Morgan fingerprint density at radius 1 is 1.42 bits per heavy atom. The van der Waals surface area contributed by atoms with E-state index in [-0.39, 0.29) is 13.2 Å². The van der Waals surface area contributed by atoms with Gasteiger partial charge >= 0.3 is 17.7 Å². The van der Waals surface area contributed by atoms with Gasteiger partial charge in [-0.3, -0.25) is 10.1 Å². The summed E-state index contributed by atoms with van der Waals surface area (Å²) in [6, 6.07) is -0.913. The fraction of sp³-hybridized carbons (Fsp3) is 0.727. The van der Waals surface area contributed by atoms with E-state index in [1.807, 2.05) is 6.92 Å². The lowest BCUT2D eigenvalue weighted by Crippen LogP contribution is -2.71. The fourth-order valence-electron chi connectivity index (χ4n) is 1.51. The number of hydrogen-bond acceptors (Lipinski definition) is 5. The Labute approximate surface area is 109 Å². The van der Waals surface area contributed by atoms with E-state index in [0.717, 1.165) is 6.42 Å². The van der Waals surface area contributed by atoms with E-state index in [4.69, 9.17) is 4.74 Å². The maximum absolute atomic E-state index is 14.6. The highest BCUT2D eigenvalue weighted by Gasteiger charge is 2.59. The first-order valence-electron chi connectivity index (χ1n) is 6.06. The Balaban J connectivity index is 2.88. The summed E-state index contributed by atoms with van der Waals surface area (Å²) in [5.41, 5.74) is -3.07. The molecule has 1 rings (SSSR count). The zero-order chi connectivity index (χ0) is 14.5. The maximum Gasteiger partial charge on any atom is 0.358 e. The predicted molar refractivity (Wildman–Crippen MR) is 61.8 cm³/mol. The Kier molecular flexibility index (Phi) is 5.22. The molecule has 3 amide bonds. The second-order valence-corrected chi connectivity index (χ2v) is 3.96. The number of imide groups is 1. The largest absolute Gasteiger partial charge is 0.463 e. The van der Waals surface area contributed by atoms with Crippen LogP contribution >= 0.6 is 0 Å². The van der Waals surface area contributed by atoms with Crippen molar-refractivity contribution in [1.82, 2.24) is 10.6 Å². The molecule has 19 heavy (non-hydrogen) atoms. The minimum atomic E-state index is -3.07. The maximum atomic E-state index is 14.6. The number of urea groups is 1. The highest BCUT2D eigenvalue weighted by Crippen LogP contribution is 2.23. The zero-order valence-electron chi connectivity index (χ0n) is 10.8. The van der Waals surface area contributed by atoms with Crippen LogP contribution in [0.25, 0.3) is 0 Å². The van der Waals surface area contributed by atoms with Gasteiger partial charge in [-0.2, -0.15) is 0 Å². The summed E-state index contributed by atoms with van der Waals surface area (Å²) in [6.07, 6.45) is -0.294. The number of nitrogens with one attached hydrogen (secondary N) is 2. The zero-order valence-corrected chi connectivity index (χ0v) is 10.8. The lowest BCUT2D eigenvalue weighted by molar-refractivity contribution is -0.179. The smallest absolute Gasteiger partial charge is 0.358 e. The third-order valence-corrected chi connectivity index (χ3v) is 2.54. The van der Waals surface area contributed by atoms with Crippen LogP contribution in [0.2, 0.25) is 0 Å². The molecule has 0 saturated carbocycles. The van der Waals surface area contributed by atoms with Gasteiger partial charge < -0.3 is 14.8 Å². The number of amides is 3. The molecule has 0 aromatic heterocycles. The summed E-state index contributed by atoms with van der Waals surface area (Å²) in [5, 5.41) is 3.75. The molecule has 1 aliphatic rings. The Bertz CT molecular complexity index is 376. The van der Waals surface area contributed by atoms with Gasteiger partial charge in [0, 0.05) is 6.61 Å². The molecule has 1 aliphatic heterocycles. The van der Waals surface area contributed by atoms with E-state index in [1.165, 1.54) is 6.92 Å². The molecule has 0 unspecified atom stereocenters. The van der Waals surface area contributed by atoms with Crippen molar-refractivity contribution in [3.05, 3.63) is 0 Å². The van der Waals surface area contributed by atoms with Gasteiger partial charge in [-0.1, -0.05) is 13.3 Å². The number of ether oxygens (including phenoxy) is 2. The summed E-state index contributed by atoms with van der Waals surface area (Å²) >= 11 is 0. The van der Waals surface area contributed by atoms with Crippen LogP contribution in [0.3, 0.4) is 0 Å². The van der Waals surface area contributed by atoms with Gasteiger partial charge in [0.2, 0.25) is 0 Å². The molecule has 0 aromatic rings. The third-order valence-electron chi connectivity index (χ3n) is 2.54. The third kappa shape index (κ3) is 3.19. The molecule has 0 aromatic carbocycles. The summed E-state index contributed by atoms with van der Waals surface area (Å²) in [5.74, 6) is -2.76. The second kappa shape index (κ2) is 6.46. The minimum Gasteiger partial charge on any atom is -0.463 e. The van der Waals surface area contributed by atoms with E-state index in [9.17, 15) is 18.8 Å². The molecular formula is C11H17FN2O5. The van der Waals surface area contributed by atoms with E-state index < -0.39 is 29.8 Å². The van der Waals surface area contributed by atoms with Gasteiger partial charge in [-0.25, -0.2) is 14.0 Å². The Morgan fingerprint density at radius 2 is 2.11 bits per heavy atom. The molecule has 1 fully saturated rings. The lowest BCUT2D eigenvalue weighted by atomic mass is 10.0. The fourth-order valence-corrected chi connectivity index (χ4v) is 1.51. The topological polar surface area (TPSA) is 93.7 Å². The second-order valence-electron chi connectivity index (χ2n) is 3.96. The van der Waals surface area contributed by atoms with Crippen molar-refractivity contribution in [3.63, 3.8) is 0 Å². The van der Waals surface area contributed by atoms with E-state index in [0.29, 0.717) is 6.42 Å². The van der Waals surface area contributed by atoms with Gasteiger partial charge in [0.05, 0.1) is 6.61 Å². The molecule has 1 heterocycles. The number of alkyl halides is 1. The molecule has 1 saturated heterocycles. The van der Waals surface area contributed by atoms with Crippen molar-refractivity contribution >= 4 is 17.9 Å². The monoisotopic (exact) mass is 276 g/mol. The van der Waals surface area contributed by atoms with Crippen LogP contribution in [0.15, 0.2) is 0 Å². The normalized spacial score (nSPS) is 26.6. The first-order valence-corrected chi connectivity index (χ1v) is 6.06. The Morgan fingerprint density at radius 3 is 2.68 bits per heavy atom. The average molecular weight is 276 g/mol. The van der Waals surface area contributed by atoms with Gasteiger partial charge in [-0.05, 0) is 13.3 Å². The molecule has 2 N–H and O–H groups in total. The van der Waals surface area contributed by atoms with Gasteiger partial charge in [-0.15, -0.1) is 0 Å². The molecule has 0 spiro atoms. The molecular weight excluding hydrogens is 259 g/mol. The van der Waals surface area contributed by atoms with Crippen molar-refractivity contribution in [2.24, 2.45) is 0 Å². The van der Waals surface area contributed by atoms with Gasteiger partial charge in [0.15, 0.2) is 6.23 Å². The molecule has 7 nitrogen and oxygen atoms in total. The summed E-state index contributed by atoms with van der Waals surface area (Å²) < 4.78 is 24.2. The van der Waals surface area contributed by atoms with Crippen LogP contribution in [0, 0.1) is 0 Å². The summed E-state index contributed by atoms with van der Waals surface area (Å²) in [6.45, 7) is 3.39. The van der Waals surface area contributed by atoms with Crippen LogP contribution < -0.4 is 10.6 Å². The molecule has 0 radical (unpaired) electrons. The minimum absolute atomic E-state index is 0.0899. The predicted octanol–water partition coefficient (Wildman–Crippen LogP) is 0.240. The molecule has 0 bridgehead atoms. The van der Waals surface area contributed by atoms with Crippen LogP contribution in [-0.2, 0) is 19.1 Å². The number of carbonyl (C=O) groups is 3. The van der Waals surface area contributed by atoms with Crippen molar-refractivity contribution in [2.45, 2.75) is 38.6 Å². The molecule has 2 atom stereocenters. The van der Waals surface area contributed by atoms with Crippen LogP contribution in [-0.4, -0.2) is 43.0 Å². The van der Waals surface area contributed by atoms with Gasteiger partial charge in [0.1, 0.15) is 0 Å². The average Bonchev–Trinajstić information content (AvgIpc) is 2.35. The Hall–Kier alpha value is -1.70. The first-order chi connectivity index (χ1) is 8.96. The molecule has 0 aliphatic carbocycles. The lowest BCUT2D eigenvalue weighted by Gasteiger charge is -2.34. The number of esters is 1. The van der Waals surface area contributed by atoms with E-state index in [1.54, 1.807) is 5.32 Å². The number of carbonyl (C=O) groups excluding carboxylic acids is 3. The summed E-state index contributed by atoms with van der Waals surface area (Å²) in [7, 11) is 0. The van der Waals surface area contributed by atoms with Crippen molar-refractivity contribution in [3.8, 4) is 0 Å². The van der Waals surface area contributed by atoms with Crippen molar-refractivity contribution in [2.75, 3.05) is 13.2 Å². The van der Waals surface area contributed by atoms with Crippen LogP contribution in [0.5, 0.6) is 0 Å². The molecule has 8 heteroatoms. The standard InChI is InChI=1S/C11H17FN2O5/c1-3-5-6-19-8-11(12,9(16)18-4-2)7(15)13-10(17)14-8/h8H,3-6H2,1-2H3,(H2,13,14,15,17)/t8-,11+/m1/s1. The quantitative estimate of drug-likeness (QED) is 0.412. The number of hydrogen-bond donors (Lipinski definition) is 2. The number of halogens is 1.